The van der Waals surface area contributed by atoms with Crippen molar-refractivity contribution in [3.63, 3.8) is 0 Å². The number of aliphatic imine (C=N–C) groups is 1. The van der Waals surface area contributed by atoms with Crippen LogP contribution in [0.2, 0.25) is 0 Å². The predicted molar refractivity (Wildman–Crippen MR) is 120 cm³/mol. The SMILES string of the molecule is CCCN(OC)P(=O)(CCCCCCN=C(NC#N)Nc1ccncc1)OCC.[HH].[HH]. The summed E-state index contributed by atoms with van der Waals surface area (Å²) in [6.45, 7) is 5.43. The predicted octanol–water partition coefficient (Wildman–Crippen LogP) is 4.48. The Labute approximate surface area is 176 Å². The Balaban J connectivity index is 0. The summed E-state index contributed by atoms with van der Waals surface area (Å²) in [7, 11) is -1.41. The van der Waals surface area contributed by atoms with Gasteiger partial charge in [0.05, 0.1) is 13.7 Å². The van der Waals surface area contributed by atoms with E-state index in [1.807, 2.05) is 20.0 Å². The number of anilines is 1. The number of pyridine rings is 1. The van der Waals surface area contributed by atoms with Gasteiger partial charge >= 0.3 is 0 Å². The number of hydrogen-bond acceptors (Lipinski definition) is 6. The summed E-state index contributed by atoms with van der Waals surface area (Å²) in [5.74, 6) is 0.412. The number of guanidine groups is 1. The lowest BCUT2D eigenvalue weighted by Crippen LogP contribution is -2.27. The van der Waals surface area contributed by atoms with Crippen LogP contribution in [-0.4, -0.2) is 48.7 Å². The van der Waals surface area contributed by atoms with Gasteiger partial charge in [0.2, 0.25) is 5.96 Å². The van der Waals surface area contributed by atoms with E-state index in [1.54, 1.807) is 24.5 Å². The summed E-state index contributed by atoms with van der Waals surface area (Å²) in [5, 5.41) is 14.5. The van der Waals surface area contributed by atoms with Crippen LogP contribution >= 0.6 is 7.52 Å². The summed E-state index contributed by atoms with van der Waals surface area (Å²) >= 11 is 0. The molecule has 1 atom stereocenters. The second-order valence-electron chi connectivity index (χ2n) is 6.28. The van der Waals surface area contributed by atoms with Gasteiger partial charge in [0.25, 0.3) is 7.52 Å². The van der Waals surface area contributed by atoms with Crippen molar-refractivity contribution in [3.8, 4) is 6.19 Å². The van der Waals surface area contributed by atoms with E-state index >= 15 is 0 Å². The Morgan fingerprint density at radius 2 is 2.03 bits per heavy atom. The highest BCUT2D eigenvalue weighted by atomic mass is 31.2. The first-order chi connectivity index (χ1) is 14.1. The molecule has 0 fully saturated rings. The van der Waals surface area contributed by atoms with Gasteiger partial charge in [0.15, 0.2) is 6.19 Å². The van der Waals surface area contributed by atoms with Gasteiger partial charge < -0.3 is 9.84 Å². The van der Waals surface area contributed by atoms with Gasteiger partial charge in [0.1, 0.15) is 0 Å². The molecule has 0 saturated carbocycles. The summed E-state index contributed by atoms with van der Waals surface area (Å²) < 4.78 is 18.6. The Hall–Kier alpha value is -1.98. The Morgan fingerprint density at radius 3 is 2.66 bits per heavy atom. The topological polar surface area (TPSA) is 112 Å². The summed E-state index contributed by atoms with van der Waals surface area (Å²) in [5.41, 5.74) is 0.808. The second kappa shape index (κ2) is 14.9. The number of aromatic nitrogens is 1. The number of rotatable bonds is 14. The molecule has 9 nitrogen and oxygen atoms in total. The van der Waals surface area contributed by atoms with Crippen molar-refractivity contribution < 1.29 is 16.8 Å². The number of unbranched alkanes of at least 4 members (excludes halogenated alkanes) is 3. The highest BCUT2D eigenvalue weighted by Gasteiger charge is 2.30. The molecule has 166 valence electrons. The second-order valence-corrected chi connectivity index (χ2v) is 8.71. The fraction of sp³-hybridized carbons (Fsp3) is 0.632. The van der Waals surface area contributed by atoms with E-state index in [4.69, 9.17) is 14.6 Å². The first-order valence-electron chi connectivity index (χ1n) is 10.0. The van der Waals surface area contributed by atoms with E-state index in [9.17, 15) is 4.57 Å². The molecule has 1 unspecified atom stereocenters. The molecule has 0 aliphatic carbocycles. The molecule has 1 aromatic rings. The van der Waals surface area contributed by atoms with E-state index in [0.29, 0.717) is 31.8 Å². The van der Waals surface area contributed by atoms with Crippen molar-refractivity contribution in [2.24, 2.45) is 4.99 Å². The highest BCUT2D eigenvalue weighted by Crippen LogP contribution is 2.51. The number of hydrogen-bond donors (Lipinski definition) is 2. The summed E-state index contributed by atoms with van der Waals surface area (Å²) in [6, 6.07) is 3.60. The molecule has 0 spiro atoms. The van der Waals surface area contributed by atoms with Crippen LogP contribution in [0.5, 0.6) is 0 Å². The molecule has 0 aliphatic heterocycles. The van der Waals surface area contributed by atoms with Crippen LogP contribution in [0, 0.1) is 11.5 Å². The van der Waals surface area contributed by atoms with E-state index < -0.39 is 7.52 Å². The van der Waals surface area contributed by atoms with Crippen molar-refractivity contribution in [2.75, 3.05) is 38.3 Å². The quantitative estimate of drug-likeness (QED) is 0.0849. The lowest BCUT2D eigenvalue weighted by molar-refractivity contribution is -0.0636. The molecule has 0 amide bonds. The van der Waals surface area contributed by atoms with Gasteiger partial charge in [-0.15, -0.1) is 4.83 Å². The summed E-state index contributed by atoms with van der Waals surface area (Å²) in [4.78, 5) is 15.1. The maximum Gasteiger partial charge on any atom is 0.294 e. The molecule has 0 bridgehead atoms. The Kier molecular flexibility index (Phi) is 12.9. The molecule has 0 radical (unpaired) electrons. The van der Waals surface area contributed by atoms with Crippen molar-refractivity contribution >= 4 is 19.2 Å². The lowest BCUT2D eigenvalue weighted by Gasteiger charge is -2.28. The fourth-order valence-electron chi connectivity index (χ4n) is 2.70. The van der Waals surface area contributed by atoms with Crippen LogP contribution in [0.1, 0.15) is 48.8 Å². The van der Waals surface area contributed by atoms with Gasteiger partial charge in [-0.25, -0.2) is 0 Å². The van der Waals surface area contributed by atoms with Crippen molar-refractivity contribution in [2.45, 2.75) is 46.0 Å². The molecule has 1 rings (SSSR count). The maximum atomic E-state index is 13.1. The standard InChI is InChI=1S/C19H33N6O3P.2H2/c1-4-15-25(27-3)29(26,28-5-2)16-9-7-6-8-12-22-19(23-17-20)24-18-10-13-21-14-11-18;;/h10-11,13-14H,4-9,12,15-16H2,1-3H3,(H2,21,22,23,24);2*1H. The molecule has 2 N–H and O–H groups in total. The average molecular weight is 429 g/mol. The molecule has 10 heteroatoms. The molecular weight excluding hydrogens is 391 g/mol. The molecule has 1 aromatic heterocycles. The third kappa shape index (κ3) is 9.86. The monoisotopic (exact) mass is 428 g/mol. The zero-order valence-corrected chi connectivity index (χ0v) is 18.5. The van der Waals surface area contributed by atoms with E-state index in [2.05, 4.69) is 20.6 Å². The van der Waals surface area contributed by atoms with Crippen molar-refractivity contribution in [1.82, 2.24) is 15.1 Å². The molecule has 1 heterocycles. The van der Waals surface area contributed by atoms with E-state index in [1.165, 1.54) is 11.9 Å². The zero-order chi connectivity index (χ0) is 21.4. The highest BCUT2D eigenvalue weighted by molar-refractivity contribution is 7.56. The molecule has 29 heavy (non-hydrogen) atoms. The van der Waals surface area contributed by atoms with Crippen LogP contribution in [-0.2, 0) is 13.9 Å². The minimum absolute atomic E-state index is 0. The van der Waals surface area contributed by atoms with Gasteiger partial charge in [-0.2, -0.15) is 5.26 Å². The van der Waals surface area contributed by atoms with Crippen molar-refractivity contribution in [1.29, 1.82) is 5.26 Å². The normalized spacial score (nSPS) is 13.7. The lowest BCUT2D eigenvalue weighted by atomic mass is 10.2. The van der Waals surface area contributed by atoms with E-state index in [-0.39, 0.29) is 2.85 Å². The van der Waals surface area contributed by atoms with Gasteiger partial charge in [0, 0.05) is 40.2 Å². The van der Waals surface area contributed by atoms with Crippen LogP contribution in [0.3, 0.4) is 0 Å². The average Bonchev–Trinajstić information content (AvgIpc) is 2.72. The van der Waals surface area contributed by atoms with Crippen LogP contribution in [0.15, 0.2) is 29.5 Å². The summed E-state index contributed by atoms with van der Waals surface area (Å²) in [6.07, 6.45) is 10.1. The first kappa shape index (κ1) is 25.1. The third-order valence-electron chi connectivity index (χ3n) is 4.03. The minimum Gasteiger partial charge on any atom is -0.325 e. The van der Waals surface area contributed by atoms with Crippen LogP contribution < -0.4 is 10.6 Å². The first-order valence-corrected chi connectivity index (χ1v) is 11.8. The molecule has 0 aliphatic rings. The molecule has 0 saturated heterocycles. The van der Waals surface area contributed by atoms with Crippen molar-refractivity contribution in [3.05, 3.63) is 24.5 Å². The maximum absolute atomic E-state index is 13.1. The Morgan fingerprint density at radius 1 is 1.31 bits per heavy atom. The number of hydroxylamine groups is 1. The van der Waals surface area contributed by atoms with Gasteiger partial charge in [-0.05, 0) is 38.3 Å². The molecule has 0 aromatic carbocycles. The number of nitrogens with one attached hydrogen (secondary N) is 2. The third-order valence-corrected chi connectivity index (χ3v) is 6.62. The smallest absolute Gasteiger partial charge is 0.294 e. The number of nitrogens with zero attached hydrogens (tertiary/aromatic N) is 4. The largest absolute Gasteiger partial charge is 0.325 e. The van der Waals surface area contributed by atoms with Gasteiger partial charge in [-0.3, -0.25) is 24.7 Å². The number of nitriles is 1. The van der Waals surface area contributed by atoms with Gasteiger partial charge in [-0.1, -0.05) is 19.8 Å². The van der Waals surface area contributed by atoms with E-state index in [0.717, 1.165) is 37.8 Å². The molecular formula is C19H37N6O3P. The fourth-order valence-corrected chi connectivity index (χ4v) is 4.97. The van der Waals surface area contributed by atoms with Crippen LogP contribution in [0.4, 0.5) is 5.69 Å². The minimum atomic E-state index is -2.94. The Bertz CT molecular complexity index is 691. The van der Waals surface area contributed by atoms with Crippen LogP contribution in [0.25, 0.3) is 0 Å². The zero-order valence-electron chi connectivity index (χ0n) is 17.6.